The van der Waals surface area contributed by atoms with Gasteiger partial charge in [-0.3, -0.25) is 9.59 Å². The summed E-state index contributed by atoms with van der Waals surface area (Å²) in [6.07, 6.45) is 3.26. The third kappa shape index (κ3) is 6.00. The molecule has 0 saturated carbocycles. The molecular formula is C22H24N4O3. The van der Waals surface area contributed by atoms with Gasteiger partial charge in [-0.2, -0.15) is 15.4 Å². The van der Waals surface area contributed by atoms with E-state index in [1.807, 2.05) is 54.6 Å². The summed E-state index contributed by atoms with van der Waals surface area (Å²) < 4.78 is 5.28. The normalized spacial score (nSPS) is 11.6. The number of amides is 1. The van der Waals surface area contributed by atoms with Gasteiger partial charge in [0.05, 0.1) is 11.9 Å². The van der Waals surface area contributed by atoms with Gasteiger partial charge in [0.1, 0.15) is 0 Å². The van der Waals surface area contributed by atoms with Gasteiger partial charge >= 0.3 is 5.97 Å². The summed E-state index contributed by atoms with van der Waals surface area (Å²) in [7, 11) is 0. The summed E-state index contributed by atoms with van der Waals surface area (Å²) in [4.78, 5) is 24.5. The van der Waals surface area contributed by atoms with Crippen molar-refractivity contribution < 1.29 is 14.3 Å². The Morgan fingerprint density at radius 1 is 1.07 bits per heavy atom. The molecule has 0 aliphatic carbocycles. The van der Waals surface area contributed by atoms with Gasteiger partial charge in [0.15, 0.2) is 6.10 Å². The molecule has 3 aromatic rings. The molecule has 150 valence electrons. The van der Waals surface area contributed by atoms with Crippen molar-refractivity contribution in [3.05, 3.63) is 66.5 Å². The number of unbranched alkanes of at least 4 members (excludes halogenated alkanes) is 1. The molecule has 29 heavy (non-hydrogen) atoms. The number of benzene rings is 2. The number of para-hydroxylation sites is 1. The zero-order chi connectivity index (χ0) is 20.5. The molecule has 0 fully saturated rings. The Labute approximate surface area is 169 Å². The van der Waals surface area contributed by atoms with Crippen LogP contribution >= 0.6 is 0 Å². The third-order valence-corrected chi connectivity index (χ3v) is 4.48. The molecule has 0 unspecified atom stereocenters. The second-order valence-electron chi connectivity index (χ2n) is 6.70. The number of nitrogens with one attached hydrogen (secondary N) is 2. The van der Waals surface area contributed by atoms with E-state index < -0.39 is 6.10 Å². The molecule has 1 atom stereocenters. The highest BCUT2D eigenvalue weighted by molar-refractivity contribution is 5.98. The molecular weight excluding hydrogens is 368 g/mol. The molecule has 0 aliphatic rings. The van der Waals surface area contributed by atoms with E-state index in [0.29, 0.717) is 12.1 Å². The summed E-state index contributed by atoms with van der Waals surface area (Å²) in [5, 5.41) is 13.1. The van der Waals surface area contributed by atoms with Crippen LogP contribution in [-0.4, -0.2) is 33.4 Å². The Morgan fingerprint density at radius 3 is 2.59 bits per heavy atom. The Hall–Kier alpha value is -3.48. The fourth-order valence-corrected chi connectivity index (χ4v) is 2.93. The molecule has 7 nitrogen and oxygen atoms in total. The van der Waals surface area contributed by atoms with E-state index in [0.717, 1.165) is 29.7 Å². The predicted molar refractivity (Wildman–Crippen MR) is 110 cm³/mol. The van der Waals surface area contributed by atoms with Crippen LogP contribution in [0.3, 0.4) is 0 Å². The number of ether oxygens (including phenoxy) is 1. The van der Waals surface area contributed by atoms with Crippen LogP contribution in [0, 0.1) is 0 Å². The summed E-state index contributed by atoms with van der Waals surface area (Å²) >= 11 is 0. The van der Waals surface area contributed by atoms with Gasteiger partial charge in [-0.1, -0.05) is 48.5 Å². The second kappa shape index (κ2) is 10.2. The molecule has 0 aliphatic heterocycles. The Bertz CT molecular complexity index is 926. The molecule has 0 radical (unpaired) electrons. The van der Waals surface area contributed by atoms with Gasteiger partial charge in [-0.25, -0.2) is 0 Å². The molecule has 1 aromatic heterocycles. The van der Waals surface area contributed by atoms with Crippen molar-refractivity contribution in [2.45, 2.75) is 38.7 Å². The highest BCUT2D eigenvalue weighted by Crippen LogP contribution is 2.27. The van der Waals surface area contributed by atoms with Crippen molar-refractivity contribution in [2.24, 2.45) is 0 Å². The standard InChI is InChI=1S/C22H24N4O3/c1-16(29-21(27)14-8-5-11-18-15-23-26-25-18)22(28)24-20-13-7-6-12-19(20)17-9-3-2-4-10-17/h2-4,6-7,9-10,12-13,15-16H,5,8,11,14H2,1H3,(H,24,28)(H,23,25,26)/t16-/m1/s1. The molecule has 0 saturated heterocycles. The fraction of sp³-hybridized carbons (Fsp3) is 0.273. The maximum absolute atomic E-state index is 12.5. The number of aromatic nitrogens is 3. The molecule has 2 aromatic carbocycles. The molecule has 3 rings (SSSR count). The number of hydrogen-bond donors (Lipinski definition) is 2. The van der Waals surface area contributed by atoms with E-state index in [-0.39, 0.29) is 18.3 Å². The number of esters is 1. The monoisotopic (exact) mass is 392 g/mol. The maximum Gasteiger partial charge on any atom is 0.306 e. The SMILES string of the molecule is C[C@@H](OC(=O)CCCCc1cn[nH]n1)C(=O)Nc1ccccc1-c1ccccc1. The summed E-state index contributed by atoms with van der Waals surface area (Å²) in [6.45, 7) is 1.58. The number of aromatic amines is 1. The van der Waals surface area contributed by atoms with Gasteiger partial charge in [-0.05, 0) is 37.8 Å². The molecule has 0 spiro atoms. The topological polar surface area (TPSA) is 97.0 Å². The lowest BCUT2D eigenvalue weighted by atomic mass is 10.0. The lowest BCUT2D eigenvalue weighted by Gasteiger charge is -2.16. The smallest absolute Gasteiger partial charge is 0.306 e. The first-order valence-electron chi connectivity index (χ1n) is 9.63. The molecule has 7 heteroatoms. The van der Waals surface area contributed by atoms with E-state index in [4.69, 9.17) is 4.74 Å². The fourth-order valence-electron chi connectivity index (χ4n) is 2.93. The number of nitrogens with zero attached hydrogens (tertiary/aromatic N) is 2. The minimum absolute atomic E-state index is 0.260. The average Bonchev–Trinajstić information content (AvgIpc) is 3.26. The van der Waals surface area contributed by atoms with E-state index in [1.54, 1.807) is 13.1 Å². The highest BCUT2D eigenvalue weighted by atomic mass is 16.5. The number of carbonyl (C=O) groups is 2. The van der Waals surface area contributed by atoms with Crippen molar-refractivity contribution in [1.29, 1.82) is 0 Å². The molecule has 2 N–H and O–H groups in total. The van der Waals surface area contributed by atoms with Crippen molar-refractivity contribution in [3.63, 3.8) is 0 Å². The van der Waals surface area contributed by atoms with Crippen LogP contribution in [-0.2, 0) is 20.7 Å². The lowest BCUT2D eigenvalue weighted by molar-refractivity contribution is -0.153. The summed E-state index contributed by atoms with van der Waals surface area (Å²) in [6, 6.07) is 17.3. The predicted octanol–water partition coefficient (Wildman–Crippen LogP) is 3.75. The number of rotatable bonds is 9. The first kappa shape index (κ1) is 20.3. The van der Waals surface area contributed by atoms with E-state index in [9.17, 15) is 9.59 Å². The van der Waals surface area contributed by atoms with Gasteiger partial charge in [-0.15, -0.1) is 0 Å². The summed E-state index contributed by atoms with van der Waals surface area (Å²) in [5.74, 6) is -0.742. The van der Waals surface area contributed by atoms with Crippen LogP contribution in [0.25, 0.3) is 11.1 Å². The molecule has 0 bridgehead atoms. The van der Waals surface area contributed by atoms with Gasteiger partial charge in [0, 0.05) is 17.7 Å². The zero-order valence-corrected chi connectivity index (χ0v) is 16.3. The largest absolute Gasteiger partial charge is 0.453 e. The number of anilines is 1. The Kier molecular flexibility index (Phi) is 7.10. The van der Waals surface area contributed by atoms with Gasteiger partial charge in [0.25, 0.3) is 5.91 Å². The van der Waals surface area contributed by atoms with Crippen LogP contribution in [0.4, 0.5) is 5.69 Å². The van der Waals surface area contributed by atoms with Crippen molar-refractivity contribution in [2.75, 3.05) is 5.32 Å². The first-order valence-corrected chi connectivity index (χ1v) is 9.63. The maximum atomic E-state index is 12.5. The summed E-state index contributed by atoms with van der Waals surface area (Å²) in [5.41, 5.74) is 3.45. The van der Waals surface area contributed by atoms with Crippen molar-refractivity contribution in [3.8, 4) is 11.1 Å². The minimum Gasteiger partial charge on any atom is -0.453 e. The highest BCUT2D eigenvalue weighted by Gasteiger charge is 2.19. The number of aryl methyl sites for hydroxylation is 1. The van der Waals surface area contributed by atoms with Crippen molar-refractivity contribution >= 4 is 17.6 Å². The second-order valence-corrected chi connectivity index (χ2v) is 6.70. The number of carbonyl (C=O) groups excluding carboxylic acids is 2. The zero-order valence-electron chi connectivity index (χ0n) is 16.3. The average molecular weight is 392 g/mol. The lowest BCUT2D eigenvalue weighted by Crippen LogP contribution is -2.30. The Morgan fingerprint density at radius 2 is 1.83 bits per heavy atom. The van der Waals surface area contributed by atoms with Crippen molar-refractivity contribution in [1.82, 2.24) is 15.4 Å². The van der Waals surface area contributed by atoms with E-state index >= 15 is 0 Å². The van der Waals surface area contributed by atoms with Crippen LogP contribution < -0.4 is 5.32 Å². The molecule has 1 amide bonds. The number of H-pyrrole nitrogens is 1. The molecule has 1 heterocycles. The van der Waals surface area contributed by atoms with E-state index in [1.165, 1.54) is 0 Å². The van der Waals surface area contributed by atoms with E-state index in [2.05, 4.69) is 20.7 Å². The van der Waals surface area contributed by atoms with Crippen LogP contribution in [0.15, 0.2) is 60.8 Å². The quantitative estimate of drug-likeness (QED) is 0.427. The minimum atomic E-state index is -0.873. The van der Waals surface area contributed by atoms with Crippen LogP contribution in [0.2, 0.25) is 0 Å². The van der Waals surface area contributed by atoms with Gasteiger partial charge in [0.2, 0.25) is 0 Å². The first-order chi connectivity index (χ1) is 14.1. The Balaban J connectivity index is 1.49. The van der Waals surface area contributed by atoms with Crippen LogP contribution in [0.1, 0.15) is 31.9 Å². The third-order valence-electron chi connectivity index (χ3n) is 4.48. The number of hydrogen-bond acceptors (Lipinski definition) is 5. The van der Waals surface area contributed by atoms with Gasteiger partial charge < -0.3 is 10.1 Å². The van der Waals surface area contributed by atoms with Crippen LogP contribution in [0.5, 0.6) is 0 Å².